The number of benzene rings is 1. The Bertz CT molecular complexity index is 406. The SMILES string of the molecule is CCCN(CCCN)[C@H]1CCc2c(O)cccc2C1. The molecule has 19 heavy (non-hydrogen) atoms. The summed E-state index contributed by atoms with van der Waals surface area (Å²) in [4.78, 5) is 2.58. The fourth-order valence-corrected chi connectivity index (χ4v) is 3.14. The van der Waals surface area contributed by atoms with Gasteiger partial charge in [-0.15, -0.1) is 0 Å². The average molecular weight is 262 g/mol. The zero-order chi connectivity index (χ0) is 13.7. The van der Waals surface area contributed by atoms with Crippen LogP contribution in [0.3, 0.4) is 0 Å². The number of nitrogens with two attached hydrogens (primary N) is 1. The Balaban J connectivity index is 2.06. The van der Waals surface area contributed by atoms with Crippen LogP contribution in [0.4, 0.5) is 0 Å². The normalized spacial score (nSPS) is 18.6. The van der Waals surface area contributed by atoms with Crippen molar-refractivity contribution in [3.05, 3.63) is 29.3 Å². The second-order valence-electron chi connectivity index (χ2n) is 5.49. The highest BCUT2D eigenvalue weighted by Crippen LogP contribution is 2.30. The average Bonchev–Trinajstić information content (AvgIpc) is 2.43. The summed E-state index contributed by atoms with van der Waals surface area (Å²) >= 11 is 0. The standard InChI is InChI=1S/C16H26N2O/c1-2-10-18(11-4-9-17)14-7-8-15-13(12-14)5-3-6-16(15)19/h3,5-6,14,19H,2,4,7-12,17H2,1H3/t14-/m0/s1. The number of hydrogen-bond acceptors (Lipinski definition) is 3. The van der Waals surface area contributed by atoms with E-state index in [1.807, 2.05) is 6.07 Å². The fourth-order valence-electron chi connectivity index (χ4n) is 3.14. The van der Waals surface area contributed by atoms with Gasteiger partial charge in [0.15, 0.2) is 0 Å². The molecule has 1 aromatic carbocycles. The lowest BCUT2D eigenvalue weighted by molar-refractivity contribution is 0.178. The largest absolute Gasteiger partial charge is 0.508 e. The molecule has 0 heterocycles. The van der Waals surface area contributed by atoms with E-state index in [9.17, 15) is 5.11 Å². The molecule has 0 amide bonds. The van der Waals surface area contributed by atoms with Crippen molar-refractivity contribution in [2.45, 2.75) is 45.1 Å². The molecular weight excluding hydrogens is 236 g/mol. The van der Waals surface area contributed by atoms with Gasteiger partial charge in [-0.1, -0.05) is 19.1 Å². The maximum atomic E-state index is 9.90. The summed E-state index contributed by atoms with van der Waals surface area (Å²) in [6, 6.07) is 6.53. The van der Waals surface area contributed by atoms with Crippen LogP contribution in [-0.2, 0) is 12.8 Å². The smallest absolute Gasteiger partial charge is 0.119 e. The van der Waals surface area contributed by atoms with E-state index in [4.69, 9.17) is 5.73 Å². The number of phenols is 1. The van der Waals surface area contributed by atoms with Gasteiger partial charge in [0.05, 0.1) is 0 Å². The Kier molecular flexibility index (Phi) is 5.23. The van der Waals surface area contributed by atoms with Gasteiger partial charge in [-0.25, -0.2) is 0 Å². The number of rotatable bonds is 6. The molecule has 1 atom stereocenters. The first-order valence-corrected chi connectivity index (χ1v) is 7.50. The van der Waals surface area contributed by atoms with Crippen molar-refractivity contribution in [3.63, 3.8) is 0 Å². The molecule has 106 valence electrons. The van der Waals surface area contributed by atoms with E-state index >= 15 is 0 Å². The van der Waals surface area contributed by atoms with Crippen LogP contribution in [0.25, 0.3) is 0 Å². The van der Waals surface area contributed by atoms with Gasteiger partial charge >= 0.3 is 0 Å². The lowest BCUT2D eigenvalue weighted by atomic mass is 9.86. The molecule has 3 N–H and O–H groups in total. The molecule has 0 aliphatic heterocycles. The van der Waals surface area contributed by atoms with Crippen LogP contribution in [0, 0.1) is 0 Å². The molecule has 0 saturated heterocycles. The van der Waals surface area contributed by atoms with Crippen molar-refractivity contribution >= 4 is 0 Å². The Morgan fingerprint density at radius 2 is 2.21 bits per heavy atom. The number of nitrogens with zero attached hydrogens (tertiary/aromatic N) is 1. The maximum Gasteiger partial charge on any atom is 0.119 e. The lowest BCUT2D eigenvalue weighted by Gasteiger charge is -2.35. The topological polar surface area (TPSA) is 49.5 Å². The third-order valence-electron chi connectivity index (χ3n) is 4.11. The Labute approximate surface area is 116 Å². The van der Waals surface area contributed by atoms with Crippen molar-refractivity contribution in [2.24, 2.45) is 5.73 Å². The molecule has 0 spiro atoms. The Hall–Kier alpha value is -1.06. The second-order valence-corrected chi connectivity index (χ2v) is 5.49. The van der Waals surface area contributed by atoms with E-state index in [0.717, 1.165) is 50.9 Å². The van der Waals surface area contributed by atoms with Gasteiger partial charge in [0, 0.05) is 6.04 Å². The fraction of sp³-hybridized carbons (Fsp3) is 0.625. The van der Waals surface area contributed by atoms with E-state index in [2.05, 4.69) is 17.9 Å². The Morgan fingerprint density at radius 3 is 2.95 bits per heavy atom. The number of aromatic hydroxyl groups is 1. The van der Waals surface area contributed by atoms with Crippen LogP contribution in [-0.4, -0.2) is 35.7 Å². The predicted molar refractivity (Wildman–Crippen MR) is 79.5 cm³/mol. The number of phenolic OH excluding ortho intramolecular Hbond substituents is 1. The minimum absolute atomic E-state index is 0.472. The molecule has 1 aliphatic carbocycles. The second kappa shape index (κ2) is 6.92. The summed E-state index contributed by atoms with van der Waals surface area (Å²) in [5.74, 6) is 0.472. The van der Waals surface area contributed by atoms with Crippen molar-refractivity contribution in [3.8, 4) is 5.75 Å². The first-order valence-electron chi connectivity index (χ1n) is 7.50. The van der Waals surface area contributed by atoms with Crippen molar-refractivity contribution in [1.82, 2.24) is 4.90 Å². The van der Waals surface area contributed by atoms with Crippen LogP contribution in [0.5, 0.6) is 5.75 Å². The van der Waals surface area contributed by atoms with Crippen LogP contribution >= 0.6 is 0 Å². The van der Waals surface area contributed by atoms with Crippen molar-refractivity contribution < 1.29 is 5.11 Å². The Morgan fingerprint density at radius 1 is 1.37 bits per heavy atom. The first-order chi connectivity index (χ1) is 9.26. The molecule has 0 radical (unpaired) electrons. The highest BCUT2D eigenvalue weighted by molar-refractivity contribution is 5.41. The van der Waals surface area contributed by atoms with E-state index in [0.29, 0.717) is 11.8 Å². The van der Waals surface area contributed by atoms with Crippen LogP contribution < -0.4 is 5.73 Å². The number of hydrogen-bond donors (Lipinski definition) is 2. The molecule has 1 aromatic rings. The van der Waals surface area contributed by atoms with Crippen LogP contribution in [0.1, 0.15) is 37.3 Å². The molecule has 3 heteroatoms. The summed E-state index contributed by atoms with van der Waals surface area (Å²) in [6.07, 6.45) is 5.47. The quantitative estimate of drug-likeness (QED) is 0.827. The molecule has 0 saturated carbocycles. The molecule has 3 nitrogen and oxygen atoms in total. The van der Waals surface area contributed by atoms with E-state index < -0.39 is 0 Å². The van der Waals surface area contributed by atoms with E-state index in [1.165, 1.54) is 12.0 Å². The molecule has 0 fully saturated rings. The maximum absolute atomic E-state index is 9.90. The van der Waals surface area contributed by atoms with Gasteiger partial charge in [-0.2, -0.15) is 0 Å². The lowest BCUT2D eigenvalue weighted by Crippen LogP contribution is -2.41. The molecule has 2 rings (SSSR count). The summed E-state index contributed by atoms with van der Waals surface area (Å²) in [7, 11) is 0. The van der Waals surface area contributed by atoms with Crippen LogP contribution in [0.15, 0.2) is 18.2 Å². The molecule has 0 unspecified atom stereocenters. The first kappa shape index (κ1) is 14.4. The van der Waals surface area contributed by atoms with Gasteiger partial charge in [0.25, 0.3) is 0 Å². The highest BCUT2D eigenvalue weighted by Gasteiger charge is 2.24. The van der Waals surface area contributed by atoms with Crippen LogP contribution in [0.2, 0.25) is 0 Å². The number of fused-ring (bicyclic) bond motifs is 1. The van der Waals surface area contributed by atoms with Gasteiger partial charge < -0.3 is 15.7 Å². The van der Waals surface area contributed by atoms with Crippen molar-refractivity contribution in [2.75, 3.05) is 19.6 Å². The minimum Gasteiger partial charge on any atom is -0.508 e. The summed E-state index contributed by atoms with van der Waals surface area (Å²) in [6.45, 7) is 5.25. The zero-order valence-electron chi connectivity index (χ0n) is 11.9. The molecule has 0 aromatic heterocycles. The highest BCUT2D eigenvalue weighted by atomic mass is 16.3. The summed E-state index contributed by atoms with van der Waals surface area (Å²) in [5.41, 5.74) is 8.12. The third-order valence-corrected chi connectivity index (χ3v) is 4.11. The third kappa shape index (κ3) is 3.48. The van der Waals surface area contributed by atoms with E-state index in [1.54, 1.807) is 6.07 Å². The van der Waals surface area contributed by atoms with E-state index in [-0.39, 0.29) is 0 Å². The minimum atomic E-state index is 0.472. The summed E-state index contributed by atoms with van der Waals surface area (Å²) < 4.78 is 0. The molecule has 1 aliphatic rings. The van der Waals surface area contributed by atoms with Crippen molar-refractivity contribution in [1.29, 1.82) is 0 Å². The molecule has 0 bridgehead atoms. The zero-order valence-corrected chi connectivity index (χ0v) is 11.9. The summed E-state index contributed by atoms with van der Waals surface area (Å²) in [5, 5.41) is 9.90. The van der Waals surface area contributed by atoms with Gasteiger partial charge in [-0.3, -0.25) is 0 Å². The van der Waals surface area contributed by atoms with Gasteiger partial charge in [0.2, 0.25) is 0 Å². The van der Waals surface area contributed by atoms with Gasteiger partial charge in [-0.05, 0) is 68.9 Å². The van der Waals surface area contributed by atoms with Gasteiger partial charge in [0.1, 0.15) is 5.75 Å². The monoisotopic (exact) mass is 262 g/mol. The molecular formula is C16H26N2O. The predicted octanol–water partition coefficient (Wildman–Crippen LogP) is 2.31.